The zero-order valence-electron chi connectivity index (χ0n) is 13.9. The van der Waals surface area contributed by atoms with E-state index < -0.39 is 0 Å². The maximum Gasteiger partial charge on any atom is 0.158 e. The van der Waals surface area contributed by atoms with Gasteiger partial charge in [0, 0.05) is 29.9 Å². The molecule has 0 atom stereocenters. The van der Waals surface area contributed by atoms with E-state index in [1.54, 1.807) is 0 Å². The molecule has 4 nitrogen and oxygen atoms in total. The average molecular weight is 354 g/mol. The molecule has 0 radical (unpaired) electrons. The molecule has 0 N–H and O–H groups in total. The molecule has 1 aliphatic heterocycles. The van der Waals surface area contributed by atoms with Crippen LogP contribution in [0.15, 0.2) is 60.8 Å². The van der Waals surface area contributed by atoms with Crippen molar-refractivity contribution in [2.24, 2.45) is 0 Å². The Hall–Kier alpha value is -2.30. The second-order valence-corrected chi connectivity index (χ2v) is 6.59. The summed E-state index contributed by atoms with van der Waals surface area (Å²) in [6, 6.07) is 18.3. The van der Waals surface area contributed by atoms with Crippen molar-refractivity contribution in [1.82, 2.24) is 9.78 Å². The molecule has 5 heteroatoms. The number of anilines is 1. The quantitative estimate of drug-likeness (QED) is 0.707. The fraction of sp³-hybridized carbons (Fsp3) is 0.250. The summed E-state index contributed by atoms with van der Waals surface area (Å²) in [6.07, 6.45) is 2.13. The van der Waals surface area contributed by atoms with Gasteiger partial charge in [0.15, 0.2) is 5.82 Å². The molecule has 0 bridgehead atoms. The summed E-state index contributed by atoms with van der Waals surface area (Å²) in [5.41, 5.74) is 3.50. The molecule has 3 aromatic rings. The van der Waals surface area contributed by atoms with Crippen molar-refractivity contribution >= 4 is 17.4 Å². The van der Waals surface area contributed by atoms with E-state index in [4.69, 9.17) is 21.4 Å². The van der Waals surface area contributed by atoms with Crippen LogP contribution >= 0.6 is 11.6 Å². The third kappa shape index (κ3) is 3.70. The molecule has 0 spiro atoms. The van der Waals surface area contributed by atoms with Crippen molar-refractivity contribution in [2.75, 3.05) is 31.2 Å². The molecule has 128 valence electrons. The fourth-order valence-corrected chi connectivity index (χ4v) is 3.23. The molecular formula is C20H20ClN3O. The molecule has 0 aliphatic carbocycles. The first kappa shape index (κ1) is 16.2. The Bertz CT molecular complexity index is 824. The molecule has 0 unspecified atom stereocenters. The van der Waals surface area contributed by atoms with Crippen LogP contribution in [0.5, 0.6) is 0 Å². The van der Waals surface area contributed by atoms with Crippen molar-refractivity contribution < 1.29 is 4.74 Å². The van der Waals surface area contributed by atoms with Crippen LogP contribution in [0.1, 0.15) is 5.56 Å². The molecule has 0 saturated carbocycles. The normalized spacial score (nSPS) is 14.7. The lowest BCUT2D eigenvalue weighted by Gasteiger charge is -2.27. The van der Waals surface area contributed by atoms with Crippen LogP contribution in [0.2, 0.25) is 5.02 Å². The number of aromatic nitrogens is 2. The van der Waals surface area contributed by atoms with Crippen molar-refractivity contribution in [3.05, 3.63) is 71.4 Å². The Morgan fingerprint density at radius 3 is 2.40 bits per heavy atom. The summed E-state index contributed by atoms with van der Waals surface area (Å²) in [5.74, 6) is 1.02. The predicted molar refractivity (Wildman–Crippen MR) is 101 cm³/mol. The van der Waals surface area contributed by atoms with E-state index in [0.717, 1.165) is 54.8 Å². The van der Waals surface area contributed by atoms with Gasteiger partial charge >= 0.3 is 0 Å². The first-order valence-corrected chi connectivity index (χ1v) is 8.87. The van der Waals surface area contributed by atoms with Crippen LogP contribution in [-0.4, -0.2) is 36.1 Å². The molecule has 1 saturated heterocycles. The Morgan fingerprint density at radius 2 is 1.68 bits per heavy atom. The molecule has 2 heterocycles. The largest absolute Gasteiger partial charge is 0.378 e. The van der Waals surface area contributed by atoms with Gasteiger partial charge in [-0.2, -0.15) is 5.10 Å². The highest BCUT2D eigenvalue weighted by molar-refractivity contribution is 6.30. The van der Waals surface area contributed by atoms with E-state index in [0.29, 0.717) is 0 Å². The third-order valence-corrected chi connectivity index (χ3v) is 4.65. The van der Waals surface area contributed by atoms with Gasteiger partial charge in [-0.3, -0.25) is 4.68 Å². The molecule has 1 aromatic heterocycles. The molecule has 25 heavy (non-hydrogen) atoms. The van der Waals surface area contributed by atoms with E-state index >= 15 is 0 Å². The summed E-state index contributed by atoms with van der Waals surface area (Å²) in [5, 5.41) is 5.63. The molecular weight excluding hydrogens is 334 g/mol. The number of hydrogen-bond donors (Lipinski definition) is 0. The minimum absolute atomic E-state index is 0.742. The zero-order valence-corrected chi connectivity index (χ0v) is 14.7. The Morgan fingerprint density at radius 1 is 0.960 bits per heavy atom. The summed E-state index contributed by atoms with van der Waals surface area (Å²) in [4.78, 5) is 2.30. The number of ether oxygens (including phenoxy) is 1. The van der Waals surface area contributed by atoms with Gasteiger partial charge in [-0.25, -0.2) is 0 Å². The molecule has 1 aliphatic rings. The lowest BCUT2D eigenvalue weighted by molar-refractivity contribution is 0.122. The molecule has 1 fully saturated rings. The fourth-order valence-electron chi connectivity index (χ4n) is 3.10. The number of nitrogens with zero attached hydrogens (tertiary/aromatic N) is 3. The topological polar surface area (TPSA) is 30.3 Å². The van der Waals surface area contributed by atoms with Gasteiger partial charge < -0.3 is 9.64 Å². The Labute approximate surface area is 152 Å². The first-order chi connectivity index (χ1) is 12.3. The molecule has 0 amide bonds. The molecule has 4 rings (SSSR count). The van der Waals surface area contributed by atoms with Crippen LogP contribution in [0.4, 0.5) is 5.82 Å². The van der Waals surface area contributed by atoms with E-state index in [2.05, 4.69) is 47.5 Å². The number of rotatable bonds is 4. The minimum Gasteiger partial charge on any atom is -0.378 e. The maximum absolute atomic E-state index is 6.05. The monoisotopic (exact) mass is 353 g/mol. The van der Waals surface area contributed by atoms with Crippen LogP contribution < -0.4 is 4.90 Å². The van der Waals surface area contributed by atoms with E-state index in [1.165, 1.54) is 5.56 Å². The summed E-state index contributed by atoms with van der Waals surface area (Å²) < 4.78 is 7.51. The van der Waals surface area contributed by atoms with Crippen LogP contribution in [0.3, 0.4) is 0 Å². The number of benzene rings is 2. The van der Waals surface area contributed by atoms with Crippen LogP contribution in [0.25, 0.3) is 11.1 Å². The standard InChI is InChI=1S/C20H20ClN3O/c21-18-8-6-17(7-9-18)19-15-24(14-16-4-2-1-3-5-16)22-20(19)23-10-12-25-13-11-23/h1-9,15H,10-14H2. The summed E-state index contributed by atoms with van der Waals surface area (Å²) >= 11 is 6.05. The van der Waals surface area contributed by atoms with Crippen molar-refractivity contribution in [2.45, 2.75) is 6.54 Å². The highest BCUT2D eigenvalue weighted by Gasteiger charge is 2.20. The van der Waals surface area contributed by atoms with Gasteiger partial charge in [0.05, 0.1) is 19.8 Å². The van der Waals surface area contributed by atoms with Gasteiger partial charge in [0.2, 0.25) is 0 Å². The lowest BCUT2D eigenvalue weighted by Crippen LogP contribution is -2.36. The zero-order chi connectivity index (χ0) is 17.1. The van der Waals surface area contributed by atoms with Crippen LogP contribution in [-0.2, 0) is 11.3 Å². The second kappa shape index (κ2) is 7.30. The average Bonchev–Trinajstić information content (AvgIpc) is 3.08. The van der Waals surface area contributed by atoms with Crippen molar-refractivity contribution in [1.29, 1.82) is 0 Å². The minimum atomic E-state index is 0.742. The first-order valence-electron chi connectivity index (χ1n) is 8.49. The van der Waals surface area contributed by atoms with Crippen molar-refractivity contribution in [3.8, 4) is 11.1 Å². The SMILES string of the molecule is Clc1ccc(-c2cn(Cc3ccccc3)nc2N2CCOCC2)cc1. The van der Waals surface area contributed by atoms with Gasteiger partial charge in [0.25, 0.3) is 0 Å². The Kier molecular flexibility index (Phi) is 4.72. The maximum atomic E-state index is 6.05. The summed E-state index contributed by atoms with van der Waals surface area (Å²) in [6.45, 7) is 3.97. The van der Waals surface area contributed by atoms with Gasteiger partial charge in [-0.1, -0.05) is 54.1 Å². The third-order valence-electron chi connectivity index (χ3n) is 4.40. The Balaban J connectivity index is 1.70. The van der Waals surface area contributed by atoms with Crippen molar-refractivity contribution in [3.63, 3.8) is 0 Å². The van der Waals surface area contributed by atoms with E-state index in [-0.39, 0.29) is 0 Å². The summed E-state index contributed by atoms with van der Waals surface area (Å²) in [7, 11) is 0. The predicted octanol–water partition coefficient (Wildman–Crippen LogP) is 4.09. The van der Waals surface area contributed by atoms with Gasteiger partial charge in [-0.15, -0.1) is 0 Å². The van der Waals surface area contributed by atoms with E-state index in [1.807, 2.05) is 22.9 Å². The van der Waals surface area contributed by atoms with Gasteiger partial charge in [-0.05, 0) is 23.3 Å². The second-order valence-electron chi connectivity index (χ2n) is 6.16. The smallest absolute Gasteiger partial charge is 0.158 e. The lowest BCUT2D eigenvalue weighted by atomic mass is 10.1. The number of morpholine rings is 1. The molecule has 2 aromatic carbocycles. The highest BCUT2D eigenvalue weighted by atomic mass is 35.5. The van der Waals surface area contributed by atoms with Gasteiger partial charge in [0.1, 0.15) is 0 Å². The number of hydrogen-bond acceptors (Lipinski definition) is 3. The van der Waals surface area contributed by atoms with Crippen LogP contribution in [0, 0.1) is 0 Å². The number of halogens is 1. The highest BCUT2D eigenvalue weighted by Crippen LogP contribution is 2.31. The van der Waals surface area contributed by atoms with E-state index in [9.17, 15) is 0 Å².